The van der Waals surface area contributed by atoms with Gasteiger partial charge in [-0.1, -0.05) is 6.07 Å². The third-order valence-corrected chi connectivity index (χ3v) is 3.39. The summed E-state index contributed by atoms with van der Waals surface area (Å²) in [6.45, 7) is -0.00149. The van der Waals surface area contributed by atoms with E-state index in [9.17, 15) is 14.0 Å². The van der Waals surface area contributed by atoms with Gasteiger partial charge in [-0.25, -0.2) is 4.39 Å². The summed E-state index contributed by atoms with van der Waals surface area (Å²) in [6, 6.07) is 10.4. The van der Waals surface area contributed by atoms with Crippen molar-refractivity contribution in [3.8, 4) is 5.75 Å². The average Bonchev–Trinajstić information content (AvgIpc) is 2.51. The molecule has 0 saturated heterocycles. The highest BCUT2D eigenvalue weighted by atomic mass is 19.1. The van der Waals surface area contributed by atoms with Gasteiger partial charge in [-0.05, 0) is 36.4 Å². The van der Waals surface area contributed by atoms with Gasteiger partial charge in [0, 0.05) is 18.3 Å². The molecular formula is C16H13FN2O3. The van der Waals surface area contributed by atoms with Gasteiger partial charge in [0.05, 0.1) is 5.69 Å². The number of anilines is 2. The minimum atomic E-state index is -0.475. The van der Waals surface area contributed by atoms with E-state index < -0.39 is 11.7 Å². The van der Waals surface area contributed by atoms with Crippen LogP contribution in [0.2, 0.25) is 0 Å². The molecule has 2 amide bonds. The first-order valence-electron chi connectivity index (χ1n) is 6.65. The zero-order valence-electron chi connectivity index (χ0n) is 11.8. The molecule has 0 spiro atoms. The van der Waals surface area contributed by atoms with Crippen LogP contribution >= 0.6 is 0 Å². The molecule has 0 unspecified atom stereocenters. The number of likely N-dealkylation sites (N-methyl/N-ethyl adjacent to an activating group) is 1. The molecule has 1 heterocycles. The molecule has 112 valence electrons. The highest BCUT2D eigenvalue weighted by Crippen LogP contribution is 2.33. The molecule has 2 aromatic carbocycles. The largest absolute Gasteiger partial charge is 0.482 e. The molecule has 1 aliphatic heterocycles. The van der Waals surface area contributed by atoms with Gasteiger partial charge >= 0.3 is 0 Å². The lowest BCUT2D eigenvalue weighted by molar-refractivity contribution is -0.120. The number of fused-ring (bicyclic) bond motifs is 1. The summed E-state index contributed by atoms with van der Waals surface area (Å²) in [5.41, 5.74) is 1.30. The van der Waals surface area contributed by atoms with Gasteiger partial charge in [0.1, 0.15) is 11.6 Å². The van der Waals surface area contributed by atoms with Crippen LogP contribution < -0.4 is 15.0 Å². The van der Waals surface area contributed by atoms with Gasteiger partial charge in [0.2, 0.25) is 0 Å². The molecule has 6 heteroatoms. The SMILES string of the molecule is CN1C(=O)COc2ccc(NC(=O)c3cccc(F)c3)cc21. The summed E-state index contributed by atoms with van der Waals surface area (Å²) in [6.07, 6.45) is 0. The monoisotopic (exact) mass is 300 g/mol. The lowest BCUT2D eigenvalue weighted by Gasteiger charge is -2.26. The van der Waals surface area contributed by atoms with Crippen molar-refractivity contribution in [2.24, 2.45) is 0 Å². The zero-order chi connectivity index (χ0) is 15.7. The Morgan fingerprint density at radius 3 is 2.86 bits per heavy atom. The van der Waals surface area contributed by atoms with Gasteiger partial charge in [-0.2, -0.15) is 0 Å². The van der Waals surface area contributed by atoms with E-state index in [1.807, 2.05) is 0 Å². The summed E-state index contributed by atoms with van der Waals surface area (Å²) >= 11 is 0. The second-order valence-corrected chi connectivity index (χ2v) is 4.89. The highest BCUT2D eigenvalue weighted by Gasteiger charge is 2.22. The van der Waals surface area contributed by atoms with Crippen molar-refractivity contribution in [2.75, 3.05) is 23.9 Å². The Hall–Kier alpha value is -2.89. The van der Waals surface area contributed by atoms with Crippen molar-refractivity contribution < 1.29 is 18.7 Å². The van der Waals surface area contributed by atoms with Crippen LogP contribution in [0.15, 0.2) is 42.5 Å². The van der Waals surface area contributed by atoms with Crippen LogP contribution in [0.3, 0.4) is 0 Å². The smallest absolute Gasteiger partial charge is 0.264 e. The molecule has 0 saturated carbocycles. The van der Waals surface area contributed by atoms with Crippen LogP contribution in [0.1, 0.15) is 10.4 Å². The molecule has 0 aromatic heterocycles. The maximum Gasteiger partial charge on any atom is 0.264 e. The van der Waals surface area contributed by atoms with E-state index in [0.717, 1.165) is 6.07 Å². The Bertz CT molecular complexity index is 761. The lowest BCUT2D eigenvalue weighted by atomic mass is 10.2. The van der Waals surface area contributed by atoms with Crippen molar-refractivity contribution in [3.05, 3.63) is 53.8 Å². The number of hydrogen-bond donors (Lipinski definition) is 1. The van der Waals surface area contributed by atoms with Gasteiger partial charge in [0.25, 0.3) is 11.8 Å². The van der Waals surface area contributed by atoms with Crippen LogP contribution in [-0.2, 0) is 4.79 Å². The summed E-state index contributed by atoms with van der Waals surface area (Å²) < 4.78 is 18.5. The van der Waals surface area contributed by atoms with Crippen molar-refractivity contribution in [1.82, 2.24) is 0 Å². The van der Waals surface area contributed by atoms with Gasteiger partial charge in [0.15, 0.2) is 6.61 Å². The molecule has 0 radical (unpaired) electrons. The third-order valence-electron chi connectivity index (χ3n) is 3.39. The number of carbonyl (C=O) groups is 2. The summed E-state index contributed by atoms with van der Waals surface area (Å²) in [4.78, 5) is 25.2. The minimum absolute atomic E-state index is 0.00149. The second kappa shape index (κ2) is 5.48. The molecule has 5 nitrogen and oxygen atoms in total. The van der Waals surface area contributed by atoms with Crippen molar-refractivity contribution in [3.63, 3.8) is 0 Å². The predicted octanol–water partition coefficient (Wildman–Crippen LogP) is 2.43. The standard InChI is InChI=1S/C16H13FN2O3/c1-19-13-8-12(5-6-14(13)22-9-15(19)20)18-16(21)10-3-2-4-11(17)7-10/h2-8H,9H2,1H3,(H,18,21). The number of halogens is 1. The normalized spacial score (nSPS) is 13.4. The minimum Gasteiger partial charge on any atom is -0.482 e. The number of hydrogen-bond acceptors (Lipinski definition) is 3. The number of amides is 2. The van der Waals surface area contributed by atoms with E-state index in [-0.39, 0.29) is 18.1 Å². The Kier molecular flexibility index (Phi) is 3.50. The van der Waals surface area contributed by atoms with Gasteiger partial charge in [-0.15, -0.1) is 0 Å². The van der Waals surface area contributed by atoms with Crippen molar-refractivity contribution in [1.29, 1.82) is 0 Å². The van der Waals surface area contributed by atoms with Crippen LogP contribution in [0, 0.1) is 5.82 Å². The molecule has 2 aromatic rings. The fourth-order valence-corrected chi connectivity index (χ4v) is 2.18. The Labute approximate surface area is 126 Å². The topological polar surface area (TPSA) is 58.6 Å². The molecule has 1 aliphatic rings. The van der Waals surface area contributed by atoms with Crippen LogP contribution in [0.4, 0.5) is 15.8 Å². The summed E-state index contributed by atoms with van der Waals surface area (Å²) in [5, 5.41) is 2.67. The van der Waals surface area contributed by atoms with Crippen LogP contribution in [-0.4, -0.2) is 25.5 Å². The van der Waals surface area contributed by atoms with E-state index >= 15 is 0 Å². The Morgan fingerprint density at radius 1 is 1.27 bits per heavy atom. The predicted molar refractivity (Wildman–Crippen MR) is 79.7 cm³/mol. The number of nitrogens with zero attached hydrogens (tertiary/aromatic N) is 1. The molecule has 0 atom stereocenters. The molecule has 22 heavy (non-hydrogen) atoms. The maximum absolute atomic E-state index is 13.1. The van der Waals surface area contributed by atoms with Gasteiger partial charge < -0.3 is 15.0 Å². The summed E-state index contributed by atoms with van der Waals surface area (Å²) in [5.74, 6) is -0.492. The average molecular weight is 300 g/mol. The molecule has 1 N–H and O–H groups in total. The fourth-order valence-electron chi connectivity index (χ4n) is 2.18. The number of ether oxygens (including phenoxy) is 1. The van der Waals surface area contributed by atoms with Crippen LogP contribution in [0.25, 0.3) is 0 Å². The number of benzene rings is 2. The summed E-state index contributed by atoms with van der Waals surface area (Å²) in [7, 11) is 1.64. The van der Waals surface area contributed by atoms with Crippen molar-refractivity contribution >= 4 is 23.2 Å². The van der Waals surface area contributed by atoms with E-state index in [4.69, 9.17) is 4.74 Å². The van der Waals surface area contributed by atoms with E-state index in [2.05, 4.69) is 5.32 Å². The fraction of sp³-hybridized carbons (Fsp3) is 0.125. The third kappa shape index (κ3) is 2.63. The quantitative estimate of drug-likeness (QED) is 0.926. The van der Waals surface area contributed by atoms with Crippen molar-refractivity contribution in [2.45, 2.75) is 0 Å². The molecule has 3 rings (SSSR count). The zero-order valence-corrected chi connectivity index (χ0v) is 11.8. The first kappa shape index (κ1) is 14.1. The molecule has 0 aliphatic carbocycles. The first-order chi connectivity index (χ1) is 10.5. The maximum atomic E-state index is 13.1. The van der Waals surface area contributed by atoms with E-state index in [1.165, 1.54) is 23.1 Å². The second-order valence-electron chi connectivity index (χ2n) is 4.89. The number of carbonyl (C=O) groups excluding carboxylic acids is 2. The van der Waals surface area contributed by atoms with E-state index in [0.29, 0.717) is 17.1 Å². The number of rotatable bonds is 2. The van der Waals surface area contributed by atoms with E-state index in [1.54, 1.807) is 25.2 Å². The molecule has 0 fully saturated rings. The first-order valence-corrected chi connectivity index (χ1v) is 6.65. The Balaban J connectivity index is 1.84. The Morgan fingerprint density at radius 2 is 2.09 bits per heavy atom. The molecular weight excluding hydrogens is 287 g/mol. The van der Waals surface area contributed by atoms with Gasteiger partial charge in [-0.3, -0.25) is 9.59 Å². The number of nitrogens with one attached hydrogen (secondary N) is 1. The lowest BCUT2D eigenvalue weighted by Crippen LogP contribution is -2.35. The highest BCUT2D eigenvalue weighted by molar-refractivity contribution is 6.05. The van der Waals surface area contributed by atoms with Crippen LogP contribution in [0.5, 0.6) is 5.75 Å². The molecule has 0 bridgehead atoms.